The molecule has 3 rings (SSSR count). The zero-order valence-electron chi connectivity index (χ0n) is 9.93. The largest absolute Gasteiger partial charge is 0.461 e. The molecule has 0 bridgehead atoms. The highest BCUT2D eigenvalue weighted by Crippen LogP contribution is 2.26. The first-order valence-corrected chi connectivity index (χ1v) is 5.83. The number of carbonyl (C=O) groups is 1. The van der Waals surface area contributed by atoms with E-state index < -0.39 is 0 Å². The Morgan fingerprint density at radius 1 is 1.39 bits per heavy atom. The molecule has 0 radical (unpaired) electrons. The van der Waals surface area contributed by atoms with Crippen LogP contribution in [0.3, 0.4) is 0 Å². The molecular weight excluding hydrogens is 228 g/mol. The summed E-state index contributed by atoms with van der Waals surface area (Å²) in [4.78, 5) is 19.2. The molecule has 0 aliphatic heterocycles. The maximum atomic E-state index is 11.9. The fraction of sp³-hybridized carbons (Fsp3) is 0.143. The SMILES string of the molecule is CCOC(=O)c1[nH]cc2cnc3ccccc3c12. The molecule has 0 saturated carbocycles. The number of esters is 1. The van der Waals surface area contributed by atoms with Crippen molar-refractivity contribution in [2.24, 2.45) is 0 Å². The molecule has 0 aliphatic carbocycles. The molecule has 0 atom stereocenters. The predicted octanol–water partition coefficient (Wildman–Crippen LogP) is 2.89. The quantitative estimate of drug-likeness (QED) is 0.701. The van der Waals surface area contributed by atoms with Crippen molar-refractivity contribution < 1.29 is 9.53 Å². The Morgan fingerprint density at radius 3 is 3.06 bits per heavy atom. The molecule has 1 N–H and O–H groups in total. The molecule has 1 aromatic carbocycles. The molecule has 0 aliphatic rings. The fourth-order valence-corrected chi connectivity index (χ4v) is 2.13. The Morgan fingerprint density at radius 2 is 2.22 bits per heavy atom. The number of nitrogens with one attached hydrogen (secondary N) is 1. The van der Waals surface area contributed by atoms with Crippen LogP contribution in [0.5, 0.6) is 0 Å². The Labute approximate surface area is 104 Å². The van der Waals surface area contributed by atoms with Gasteiger partial charge in [-0.1, -0.05) is 18.2 Å². The number of pyridine rings is 1. The lowest BCUT2D eigenvalue weighted by molar-refractivity contribution is 0.0522. The van der Waals surface area contributed by atoms with Gasteiger partial charge in [0.05, 0.1) is 12.1 Å². The third-order valence-corrected chi connectivity index (χ3v) is 2.91. The van der Waals surface area contributed by atoms with Gasteiger partial charge in [0.15, 0.2) is 0 Å². The van der Waals surface area contributed by atoms with Crippen molar-refractivity contribution >= 4 is 27.6 Å². The van der Waals surface area contributed by atoms with Crippen molar-refractivity contribution in [3.63, 3.8) is 0 Å². The number of rotatable bonds is 2. The summed E-state index contributed by atoms with van der Waals surface area (Å²) in [6.45, 7) is 2.16. The minimum absolute atomic E-state index is 0.330. The van der Waals surface area contributed by atoms with E-state index in [2.05, 4.69) is 9.97 Å². The van der Waals surface area contributed by atoms with E-state index in [1.165, 1.54) is 0 Å². The Bertz CT molecular complexity index is 731. The first kappa shape index (κ1) is 10.8. The molecule has 2 aromatic heterocycles. The van der Waals surface area contributed by atoms with Gasteiger partial charge in [0.1, 0.15) is 5.69 Å². The summed E-state index contributed by atoms with van der Waals surface area (Å²) in [5.41, 5.74) is 1.36. The smallest absolute Gasteiger partial charge is 0.355 e. The van der Waals surface area contributed by atoms with E-state index in [1.54, 1.807) is 19.3 Å². The van der Waals surface area contributed by atoms with Crippen LogP contribution in [-0.4, -0.2) is 22.5 Å². The molecule has 0 spiro atoms. The highest BCUT2D eigenvalue weighted by Gasteiger charge is 2.15. The van der Waals surface area contributed by atoms with Crippen LogP contribution in [0.25, 0.3) is 21.7 Å². The highest BCUT2D eigenvalue weighted by atomic mass is 16.5. The summed E-state index contributed by atoms with van der Waals surface area (Å²) in [5, 5.41) is 2.75. The monoisotopic (exact) mass is 240 g/mol. The van der Waals surface area contributed by atoms with Crippen LogP contribution in [0.15, 0.2) is 36.7 Å². The molecule has 0 unspecified atom stereocenters. The van der Waals surface area contributed by atoms with E-state index in [9.17, 15) is 4.79 Å². The minimum atomic E-state index is -0.330. The molecule has 90 valence electrons. The van der Waals surface area contributed by atoms with Crippen molar-refractivity contribution in [3.05, 3.63) is 42.4 Å². The summed E-state index contributed by atoms with van der Waals surface area (Å²) < 4.78 is 5.05. The third kappa shape index (κ3) is 1.54. The second-order valence-corrected chi connectivity index (χ2v) is 3.99. The maximum absolute atomic E-state index is 11.9. The van der Waals surface area contributed by atoms with Crippen molar-refractivity contribution in [2.45, 2.75) is 6.92 Å². The van der Waals surface area contributed by atoms with Crippen molar-refractivity contribution in [2.75, 3.05) is 6.61 Å². The number of aromatic nitrogens is 2. The third-order valence-electron chi connectivity index (χ3n) is 2.91. The zero-order valence-corrected chi connectivity index (χ0v) is 9.93. The summed E-state index contributed by atoms with van der Waals surface area (Å²) in [6, 6.07) is 7.75. The second kappa shape index (κ2) is 4.14. The number of carbonyl (C=O) groups excluding carboxylic acids is 1. The van der Waals surface area contributed by atoms with Gasteiger partial charge in [0.25, 0.3) is 0 Å². The van der Waals surface area contributed by atoms with Crippen molar-refractivity contribution in [1.29, 1.82) is 0 Å². The summed E-state index contributed by atoms with van der Waals surface area (Å²) >= 11 is 0. The first-order chi connectivity index (χ1) is 8.81. The van der Waals surface area contributed by atoms with Crippen LogP contribution in [0.1, 0.15) is 17.4 Å². The summed E-state index contributed by atoms with van der Waals surface area (Å²) in [6.07, 6.45) is 3.54. The number of nitrogens with zero attached hydrogens (tertiary/aromatic N) is 1. The van der Waals surface area contributed by atoms with E-state index in [4.69, 9.17) is 4.74 Å². The van der Waals surface area contributed by atoms with Crippen LogP contribution >= 0.6 is 0 Å². The van der Waals surface area contributed by atoms with E-state index >= 15 is 0 Å². The van der Waals surface area contributed by atoms with Crippen LogP contribution in [0, 0.1) is 0 Å². The Balaban J connectivity index is 2.33. The molecule has 0 saturated heterocycles. The van der Waals surface area contributed by atoms with Crippen LogP contribution in [-0.2, 0) is 4.74 Å². The fourth-order valence-electron chi connectivity index (χ4n) is 2.13. The summed E-state index contributed by atoms with van der Waals surface area (Å²) in [5.74, 6) is -0.330. The average Bonchev–Trinajstić information content (AvgIpc) is 2.83. The summed E-state index contributed by atoms with van der Waals surface area (Å²) in [7, 11) is 0. The van der Waals surface area contributed by atoms with Gasteiger partial charge in [-0.25, -0.2) is 4.79 Å². The molecular formula is C14H12N2O2. The number of hydrogen-bond donors (Lipinski definition) is 1. The maximum Gasteiger partial charge on any atom is 0.355 e. The number of ether oxygens (including phenoxy) is 1. The van der Waals surface area contributed by atoms with Gasteiger partial charge >= 0.3 is 5.97 Å². The van der Waals surface area contributed by atoms with Crippen molar-refractivity contribution in [1.82, 2.24) is 9.97 Å². The van der Waals surface area contributed by atoms with E-state index in [-0.39, 0.29) is 5.97 Å². The number of hydrogen-bond acceptors (Lipinski definition) is 3. The van der Waals surface area contributed by atoms with Crippen molar-refractivity contribution in [3.8, 4) is 0 Å². The molecule has 3 aromatic rings. The van der Waals surface area contributed by atoms with Gasteiger partial charge < -0.3 is 9.72 Å². The highest BCUT2D eigenvalue weighted by molar-refractivity contribution is 6.14. The molecule has 4 nitrogen and oxygen atoms in total. The van der Waals surface area contributed by atoms with E-state index in [0.29, 0.717) is 12.3 Å². The molecule has 4 heteroatoms. The van der Waals surface area contributed by atoms with Gasteiger partial charge in [0, 0.05) is 28.6 Å². The van der Waals surface area contributed by atoms with Gasteiger partial charge in [-0.3, -0.25) is 4.98 Å². The lowest BCUT2D eigenvalue weighted by Gasteiger charge is -2.02. The number of aromatic amines is 1. The number of H-pyrrole nitrogens is 1. The van der Waals surface area contributed by atoms with Gasteiger partial charge in [-0.15, -0.1) is 0 Å². The average molecular weight is 240 g/mol. The lowest BCUT2D eigenvalue weighted by atomic mass is 10.1. The molecule has 18 heavy (non-hydrogen) atoms. The zero-order chi connectivity index (χ0) is 12.5. The van der Waals surface area contributed by atoms with Crippen LogP contribution in [0.2, 0.25) is 0 Å². The number of benzene rings is 1. The first-order valence-electron chi connectivity index (χ1n) is 5.83. The minimum Gasteiger partial charge on any atom is -0.461 e. The Hall–Kier alpha value is -2.36. The van der Waals surface area contributed by atoms with E-state index in [0.717, 1.165) is 21.7 Å². The normalized spacial score (nSPS) is 10.9. The predicted molar refractivity (Wildman–Crippen MR) is 69.6 cm³/mol. The Kier molecular flexibility index (Phi) is 2.48. The topological polar surface area (TPSA) is 55.0 Å². The molecule has 0 amide bonds. The van der Waals surface area contributed by atoms with E-state index in [1.807, 2.05) is 24.3 Å². The van der Waals surface area contributed by atoms with Gasteiger partial charge in [0.2, 0.25) is 0 Å². The van der Waals surface area contributed by atoms with Gasteiger partial charge in [-0.2, -0.15) is 0 Å². The molecule has 0 fully saturated rings. The van der Waals surface area contributed by atoms with Crippen LogP contribution in [0.4, 0.5) is 0 Å². The molecule has 2 heterocycles. The lowest BCUT2D eigenvalue weighted by Crippen LogP contribution is -2.05. The van der Waals surface area contributed by atoms with Gasteiger partial charge in [-0.05, 0) is 13.0 Å². The number of para-hydroxylation sites is 1. The second-order valence-electron chi connectivity index (χ2n) is 3.99. The van der Waals surface area contributed by atoms with Crippen LogP contribution < -0.4 is 0 Å². The standard InChI is InChI=1S/C14H12N2O2/c1-2-18-14(17)13-12-9(8-16-13)7-15-11-6-4-3-5-10(11)12/h3-8,16H,2H2,1H3. The number of fused-ring (bicyclic) bond motifs is 3.